The standard InChI is InChI=1S/C12H14N4O2S/c1-17-10-4-3-9(5-11(10)18-2)6-14-12-16(7-13)15-8-19-12/h3-5,8,12,14H,6H2,1-2H3. The van der Waals surface area contributed by atoms with Crippen molar-refractivity contribution in [3.8, 4) is 17.7 Å². The third-order valence-corrected chi connectivity index (χ3v) is 3.45. The van der Waals surface area contributed by atoms with Gasteiger partial charge in [-0.1, -0.05) is 17.8 Å². The number of nitriles is 1. The van der Waals surface area contributed by atoms with Crippen LogP contribution in [-0.4, -0.2) is 30.3 Å². The average Bonchev–Trinajstić information content (AvgIpc) is 2.92. The quantitative estimate of drug-likeness (QED) is 0.824. The molecule has 1 N–H and O–H groups in total. The number of thioether (sulfide) groups is 1. The van der Waals surface area contributed by atoms with Crippen LogP contribution in [0.4, 0.5) is 0 Å². The maximum absolute atomic E-state index is 8.86. The normalized spacial score (nSPS) is 17.3. The fourth-order valence-electron chi connectivity index (χ4n) is 1.66. The number of rotatable bonds is 5. The predicted octanol–water partition coefficient (Wildman–Crippen LogP) is 1.55. The van der Waals surface area contributed by atoms with E-state index in [0.717, 1.165) is 5.56 Å². The van der Waals surface area contributed by atoms with Crippen molar-refractivity contribution in [1.82, 2.24) is 10.3 Å². The Morgan fingerprint density at radius 1 is 1.42 bits per heavy atom. The van der Waals surface area contributed by atoms with Crippen molar-refractivity contribution in [2.75, 3.05) is 14.2 Å². The highest BCUT2D eigenvalue weighted by Gasteiger charge is 2.20. The predicted molar refractivity (Wildman–Crippen MR) is 73.7 cm³/mol. The van der Waals surface area contributed by atoms with Crippen LogP contribution in [0.3, 0.4) is 0 Å². The van der Waals surface area contributed by atoms with E-state index in [9.17, 15) is 0 Å². The summed E-state index contributed by atoms with van der Waals surface area (Å²) in [6.07, 6.45) is 2.00. The monoisotopic (exact) mass is 278 g/mol. The number of hydrogen-bond donors (Lipinski definition) is 1. The molecule has 0 spiro atoms. The molecule has 1 atom stereocenters. The second kappa shape index (κ2) is 6.31. The topological polar surface area (TPSA) is 69.9 Å². The Morgan fingerprint density at radius 2 is 2.21 bits per heavy atom. The number of hydrazone groups is 1. The molecule has 0 aromatic heterocycles. The number of ether oxygens (including phenoxy) is 2. The van der Waals surface area contributed by atoms with E-state index in [1.807, 2.05) is 24.4 Å². The van der Waals surface area contributed by atoms with E-state index in [1.165, 1.54) is 16.8 Å². The third-order valence-electron chi connectivity index (χ3n) is 2.61. The second-order valence-electron chi connectivity index (χ2n) is 3.72. The molecule has 1 aliphatic rings. The summed E-state index contributed by atoms with van der Waals surface area (Å²) in [5, 5.41) is 17.3. The van der Waals surface area contributed by atoms with Gasteiger partial charge in [0.1, 0.15) is 0 Å². The van der Waals surface area contributed by atoms with Gasteiger partial charge in [-0.2, -0.15) is 15.4 Å². The molecule has 19 heavy (non-hydrogen) atoms. The summed E-state index contributed by atoms with van der Waals surface area (Å²) >= 11 is 1.46. The van der Waals surface area contributed by atoms with E-state index in [1.54, 1.807) is 19.8 Å². The van der Waals surface area contributed by atoms with Gasteiger partial charge in [-0.25, -0.2) is 0 Å². The molecule has 6 nitrogen and oxygen atoms in total. The van der Waals surface area contributed by atoms with Crippen LogP contribution < -0.4 is 14.8 Å². The van der Waals surface area contributed by atoms with Gasteiger partial charge in [0.05, 0.1) is 19.8 Å². The van der Waals surface area contributed by atoms with Crippen molar-refractivity contribution in [3.63, 3.8) is 0 Å². The first kappa shape index (κ1) is 13.5. The Labute approximate surface area is 116 Å². The molecule has 1 aliphatic heterocycles. The van der Waals surface area contributed by atoms with Gasteiger partial charge in [0.25, 0.3) is 0 Å². The molecule has 0 saturated heterocycles. The highest BCUT2D eigenvalue weighted by Crippen LogP contribution is 2.27. The van der Waals surface area contributed by atoms with Crippen molar-refractivity contribution >= 4 is 17.3 Å². The minimum absolute atomic E-state index is 0.155. The van der Waals surface area contributed by atoms with Crippen LogP contribution in [0.25, 0.3) is 0 Å². The minimum atomic E-state index is -0.155. The molecule has 1 aromatic rings. The Bertz CT molecular complexity index is 515. The smallest absolute Gasteiger partial charge is 0.204 e. The zero-order valence-corrected chi connectivity index (χ0v) is 11.5. The summed E-state index contributed by atoms with van der Waals surface area (Å²) in [6.45, 7) is 0.611. The molecule has 0 aliphatic carbocycles. The van der Waals surface area contributed by atoms with E-state index in [-0.39, 0.29) is 5.50 Å². The van der Waals surface area contributed by atoms with Gasteiger partial charge in [0, 0.05) is 6.54 Å². The largest absolute Gasteiger partial charge is 0.493 e. The summed E-state index contributed by atoms with van der Waals surface area (Å²) in [5.41, 5.74) is 2.54. The summed E-state index contributed by atoms with van der Waals surface area (Å²) in [7, 11) is 3.21. The van der Waals surface area contributed by atoms with Gasteiger partial charge < -0.3 is 9.47 Å². The van der Waals surface area contributed by atoms with Gasteiger partial charge in [-0.15, -0.1) is 0 Å². The zero-order chi connectivity index (χ0) is 13.7. The molecule has 2 rings (SSSR count). The lowest BCUT2D eigenvalue weighted by molar-refractivity contribution is 0.347. The SMILES string of the molecule is COc1ccc(CNC2SC=NN2C#N)cc1OC. The van der Waals surface area contributed by atoms with Crippen LogP contribution in [0.1, 0.15) is 5.56 Å². The van der Waals surface area contributed by atoms with Crippen molar-refractivity contribution in [3.05, 3.63) is 23.8 Å². The van der Waals surface area contributed by atoms with Gasteiger partial charge in [-0.05, 0) is 17.7 Å². The van der Waals surface area contributed by atoms with Crippen LogP contribution in [-0.2, 0) is 6.54 Å². The zero-order valence-electron chi connectivity index (χ0n) is 10.7. The fraction of sp³-hybridized carbons (Fsp3) is 0.333. The molecule has 0 saturated carbocycles. The van der Waals surface area contributed by atoms with Crippen molar-refractivity contribution in [1.29, 1.82) is 5.26 Å². The van der Waals surface area contributed by atoms with Crippen LogP contribution in [0, 0.1) is 11.5 Å². The number of methoxy groups -OCH3 is 2. The first-order chi connectivity index (χ1) is 9.28. The van der Waals surface area contributed by atoms with Gasteiger partial charge >= 0.3 is 0 Å². The summed E-state index contributed by atoms with van der Waals surface area (Å²) in [4.78, 5) is 0. The average molecular weight is 278 g/mol. The summed E-state index contributed by atoms with van der Waals surface area (Å²) < 4.78 is 10.4. The van der Waals surface area contributed by atoms with E-state index in [2.05, 4.69) is 10.4 Å². The van der Waals surface area contributed by atoms with Gasteiger partial charge in [0.15, 0.2) is 17.0 Å². The molecule has 0 radical (unpaired) electrons. The number of nitrogens with one attached hydrogen (secondary N) is 1. The highest BCUT2D eigenvalue weighted by molar-refractivity contribution is 8.12. The number of benzene rings is 1. The van der Waals surface area contributed by atoms with Gasteiger partial charge in [-0.3, -0.25) is 5.32 Å². The van der Waals surface area contributed by atoms with E-state index in [4.69, 9.17) is 14.7 Å². The third kappa shape index (κ3) is 3.10. The molecule has 1 heterocycles. The number of hydrogen-bond acceptors (Lipinski definition) is 7. The Balaban J connectivity index is 1.98. The summed E-state index contributed by atoms with van der Waals surface area (Å²) in [5.74, 6) is 1.39. The molecule has 0 amide bonds. The molecule has 1 unspecified atom stereocenters. The van der Waals surface area contributed by atoms with Crippen LogP contribution >= 0.6 is 11.8 Å². The molecular formula is C12H14N4O2S. The Hall–Kier alpha value is -1.91. The van der Waals surface area contributed by atoms with E-state index >= 15 is 0 Å². The molecule has 0 bridgehead atoms. The van der Waals surface area contributed by atoms with Crippen molar-refractivity contribution < 1.29 is 9.47 Å². The minimum Gasteiger partial charge on any atom is -0.493 e. The molecule has 1 aromatic carbocycles. The fourth-order valence-corrected chi connectivity index (χ4v) is 2.33. The van der Waals surface area contributed by atoms with Crippen LogP contribution in [0.5, 0.6) is 11.5 Å². The second-order valence-corrected chi connectivity index (χ2v) is 4.65. The lowest BCUT2D eigenvalue weighted by atomic mass is 10.2. The number of nitrogens with zero attached hydrogens (tertiary/aromatic N) is 3. The van der Waals surface area contributed by atoms with E-state index < -0.39 is 0 Å². The Morgan fingerprint density at radius 3 is 2.89 bits per heavy atom. The van der Waals surface area contributed by atoms with E-state index in [0.29, 0.717) is 18.0 Å². The first-order valence-corrected chi connectivity index (χ1v) is 6.54. The maximum atomic E-state index is 8.86. The first-order valence-electron chi connectivity index (χ1n) is 5.59. The molecule has 100 valence electrons. The van der Waals surface area contributed by atoms with Crippen LogP contribution in [0.2, 0.25) is 0 Å². The molecular weight excluding hydrogens is 264 g/mol. The maximum Gasteiger partial charge on any atom is 0.204 e. The molecule has 0 fully saturated rings. The lowest BCUT2D eigenvalue weighted by Gasteiger charge is -2.16. The van der Waals surface area contributed by atoms with Crippen LogP contribution in [0.15, 0.2) is 23.3 Å². The van der Waals surface area contributed by atoms with Crippen molar-refractivity contribution in [2.45, 2.75) is 12.0 Å². The van der Waals surface area contributed by atoms with Gasteiger partial charge in [0.2, 0.25) is 6.19 Å². The summed E-state index contributed by atoms with van der Waals surface area (Å²) in [6, 6.07) is 5.71. The van der Waals surface area contributed by atoms with Crippen molar-refractivity contribution in [2.24, 2.45) is 5.10 Å². The highest BCUT2D eigenvalue weighted by atomic mass is 32.2. The lowest BCUT2D eigenvalue weighted by Crippen LogP contribution is -2.34. The Kier molecular flexibility index (Phi) is 4.49. The molecule has 7 heteroatoms.